The summed E-state index contributed by atoms with van der Waals surface area (Å²) in [5, 5.41) is 10.7. The standard InChI is InChI=1S/C13H19N3O4/c1-3-5-8-14(4-2)13(18)10-15-9-11(16(19)20)6-7-12(15)17/h6-7,9H,3-5,8,10H2,1-2H3. The molecule has 0 spiro atoms. The second-order valence-electron chi connectivity index (χ2n) is 4.44. The number of aromatic nitrogens is 1. The van der Waals surface area contributed by atoms with Crippen LogP contribution in [0.15, 0.2) is 23.1 Å². The molecule has 1 heterocycles. The van der Waals surface area contributed by atoms with Crippen LogP contribution < -0.4 is 5.56 Å². The van der Waals surface area contributed by atoms with Gasteiger partial charge in [0.15, 0.2) is 0 Å². The molecule has 0 saturated heterocycles. The first kappa shape index (κ1) is 15.9. The lowest BCUT2D eigenvalue weighted by molar-refractivity contribution is -0.385. The summed E-state index contributed by atoms with van der Waals surface area (Å²) in [5.74, 6) is -0.205. The first-order valence-electron chi connectivity index (χ1n) is 6.62. The molecule has 0 bridgehead atoms. The highest BCUT2D eigenvalue weighted by atomic mass is 16.6. The molecule has 0 aromatic carbocycles. The van der Waals surface area contributed by atoms with Gasteiger partial charge in [-0.1, -0.05) is 13.3 Å². The van der Waals surface area contributed by atoms with E-state index in [1.54, 1.807) is 4.90 Å². The zero-order valence-corrected chi connectivity index (χ0v) is 11.7. The molecule has 0 aliphatic heterocycles. The zero-order chi connectivity index (χ0) is 15.1. The summed E-state index contributed by atoms with van der Waals surface area (Å²) in [5.41, 5.74) is -0.621. The molecule has 0 unspecified atom stereocenters. The van der Waals surface area contributed by atoms with Gasteiger partial charge in [0.05, 0.1) is 11.1 Å². The third kappa shape index (κ3) is 4.18. The molecular formula is C13H19N3O4. The molecule has 1 aromatic heterocycles. The van der Waals surface area contributed by atoms with Crippen LogP contribution in [0.4, 0.5) is 5.69 Å². The molecule has 0 aliphatic carbocycles. The number of hydrogen-bond acceptors (Lipinski definition) is 4. The largest absolute Gasteiger partial charge is 0.341 e. The Balaban J connectivity index is 2.86. The quantitative estimate of drug-likeness (QED) is 0.558. The van der Waals surface area contributed by atoms with Crippen LogP contribution in [-0.4, -0.2) is 33.4 Å². The summed E-state index contributed by atoms with van der Waals surface area (Å²) in [4.78, 5) is 35.4. The van der Waals surface area contributed by atoms with Crippen LogP contribution in [0, 0.1) is 10.1 Å². The van der Waals surface area contributed by atoms with E-state index >= 15 is 0 Å². The van der Waals surface area contributed by atoms with Gasteiger partial charge in [-0.3, -0.25) is 24.3 Å². The molecule has 7 nitrogen and oxygen atoms in total. The van der Waals surface area contributed by atoms with E-state index in [-0.39, 0.29) is 18.1 Å². The van der Waals surface area contributed by atoms with Gasteiger partial charge >= 0.3 is 0 Å². The molecule has 1 rings (SSSR count). The predicted octanol–water partition coefficient (Wildman–Crippen LogP) is 1.41. The van der Waals surface area contributed by atoms with E-state index in [1.807, 2.05) is 13.8 Å². The van der Waals surface area contributed by atoms with Gasteiger partial charge in [0, 0.05) is 25.2 Å². The van der Waals surface area contributed by atoms with E-state index in [0.717, 1.165) is 35.7 Å². The van der Waals surface area contributed by atoms with E-state index in [2.05, 4.69) is 0 Å². The van der Waals surface area contributed by atoms with E-state index in [9.17, 15) is 19.7 Å². The SMILES string of the molecule is CCCCN(CC)C(=O)Cn1cc([N+](=O)[O-])ccc1=O. The Morgan fingerprint density at radius 1 is 1.40 bits per heavy atom. The molecule has 1 amide bonds. The van der Waals surface area contributed by atoms with Gasteiger partial charge in [0.2, 0.25) is 5.91 Å². The van der Waals surface area contributed by atoms with Crippen molar-refractivity contribution in [3.63, 3.8) is 0 Å². The maximum absolute atomic E-state index is 12.1. The van der Waals surface area contributed by atoms with Gasteiger partial charge in [0.25, 0.3) is 11.2 Å². The molecular weight excluding hydrogens is 262 g/mol. The van der Waals surface area contributed by atoms with Crippen molar-refractivity contribution in [1.82, 2.24) is 9.47 Å². The molecule has 1 aromatic rings. The molecule has 0 aliphatic rings. The fourth-order valence-corrected chi connectivity index (χ4v) is 1.80. The lowest BCUT2D eigenvalue weighted by atomic mass is 10.3. The van der Waals surface area contributed by atoms with E-state index < -0.39 is 10.5 Å². The number of likely N-dealkylation sites (N-methyl/N-ethyl adjacent to an activating group) is 1. The van der Waals surface area contributed by atoms with Crippen LogP contribution >= 0.6 is 0 Å². The molecule has 0 saturated carbocycles. The zero-order valence-electron chi connectivity index (χ0n) is 11.7. The summed E-state index contributed by atoms with van der Waals surface area (Å²) >= 11 is 0. The average Bonchev–Trinajstić information content (AvgIpc) is 2.41. The fraction of sp³-hybridized carbons (Fsp3) is 0.538. The molecule has 20 heavy (non-hydrogen) atoms. The van der Waals surface area contributed by atoms with Crippen molar-refractivity contribution in [2.24, 2.45) is 0 Å². The Hall–Kier alpha value is -2.18. The summed E-state index contributed by atoms with van der Waals surface area (Å²) in [6.45, 7) is 4.92. The predicted molar refractivity (Wildman–Crippen MR) is 74.5 cm³/mol. The topological polar surface area (TPSA) is 85.4 Å². The second kappa shape index (κ2) is 7.42. The minimum Gasteiger partial charge on any atom is -0.341 e. The molecule has 0 N–H and O–H groups in total. The molecule has 110 valence electrons. The molecule has 0 atom stereocenters. The number of rotatable bonds is 7. The number of unbranched alkanes of at least 4 members (excludes halogenated alkanes) is 1. The van der Waals surface area contributed by atoms with Crippen LogP contribution in [0.3, 0.4) is 0 Å². The van der Waals surface area contributed by atoms with Gasteiger partial charge in [-0.25, -0.2) is 0 Å². The van der Waals surface area contributed by atoms with Crippen molar-refractivity contribution >= 4 is 11.6 Å². The Kier molecular flexibility index (Phi) is 5.89. The highest BCUT2D eigenvalue weighted by Gasteiger charge is 2.14. The van der Waals surface area contributed by atoms with Gasteiger partial charge in [-0.15, -0.1) is 0 Å². The van der Waals surface area contributed by atoms with Crippen LogP contribution in [0.2, 0.25) is 0 Å². The summed E-state index contributed by atoms with van der Waals surface area (Å²) in [7, 11) is 0. The first-order chi connectivity index (χ1) is 9.49. The third-order valence-corrected chi connectivity index (χ3v) is 3.00. The minimum absolute atomic E-state index is 0.169. The number of nitro groups is 1. The fourth-order valence-electron chi connectivity index (χ4n) is 1.80. The summed E-state index contributed by atoms with van der Waals surface area (Å²) < 4.78 is 1.08. The number of carbonyl (C=O) groups excluding carboxylic acids is 1. The normalized spacial score (nSPS) is 10.3. The highest BCUT2D eigenvalue weighted by Crippen LogP contribution is 2.07. The Bertz CT molecular complexity index is 539. The first-order valence-corrected chi connectivity index (χ1v) is 6.62. The van der Waals surface area contributed by atoms with E-state index in [1.165, 1.54) is 0 Å². The number of pyridine rings is 1. The van der Waals surface area contributed by atoms with Crippen LogP contribution in [0.25, 0.3) is 0 Å². The number of hydrogen-bond donors (Lipinski definition) is 0. The van der Waals surface area contributed by atoms with Gasteiger partial charge < -0.3 is 4.90 Å². The Morgan fingerprint density at radius 2 is 2.10 bits per heavy atom. The van der Waals surface area contributed by atoms with Crippen molar-refractivity contribution < 1.29 is 9.72 Å². The second-order valence-corrected chi connectivity index (χ2v) is 4.44. The maximum atomic E-state index is 12.1. The third-order valence-electron chi connectivity index (χ3n) is 3.00. The smallest absolute Gasteiger partial charge is 0.285 e. The number of carbonyl (C=O) groups is 1. The summed E-state index contributed by atoms with van der Waals surface area (Å²) in [6, 6.07) is 2.24. The van der Waals surface area contributed by atoms with Crippen molar-refractivity contribution in [2.75, 3.05) is 13.1 Å². The number of nitrogens with zero attached hydrogens (tertiary/aromatic N) is 3. The molecule has 7 heteroatoms. The van der Waals surface area contributed by atoms with Crippen molar-refractivity contribution in [1.29, 1.82) is 0 Å². The van der Waals surface area contributed by atoms with E-state index in [4.69, 9.17) is 0 Å². The van der Waals surface area contributed by atoms with Gasteiger partial charge in [0.1, 0.15) is 6.54 Å². The van der Waals surface area contributed by atoms with Crippen molar-refractivity contribution in [3.05, 3.63) is 38.8 Å². The molecule has 0 fully saturated rings. The Labute approximate surface area is 117 Å². The van der Waals surface area contributed by atoms with Crippen LogP contribution in [0.1, 0.15) is 26.7 Å². The van der Waals surface area contributed by atoms with Crippen molar-refractivity contribution in [2.45, 2.75) is 33.2 Å². The Morgan fingerprint density at radius 3 is 2.65 bits per heavy atom. The average molecular weight is 281 g/mol. The van der Waals surface area contributed by atoms with Crippen molar-refractivity contribution in [3.8, 4) is 0 Å². The van der Waals surface area contributed by atoms with E-state index in [0.29, 0.717) is 13.1 Å². The number of amides is 1. The highest BCUT2D eigenvalue weighted by molar-refractivity contribution is 5.76. The minimum atomic E-state index is -0.588. The molecule has 0 radical (unpaired) electrons. The van der Waals surface area contributed by atoms with Gasteiger partial charge in [-0.05, 0) is 13.3 Å². The lowest BCUT2D eigenvalue weighted by Gasteiger charge is -2.20. The maximum Gasteiger partial charge on any atom is 0.285 e. The summed E-state index contributed by atoms with van der Waals surface area (Å²) in [6.07, 6.45) is 2.97. The van der Waals surface area contributed by atoms with Crippen LogP contribution in [-0.2, 0) is 11.3 Å². The van der Waals surface area contributed by atoms with Crippen LogP contribution in [0.5, 0.6) is 0 Å². The van der Waals surface area contributed by atoms with Gasteiger partial charge in [-0.2, -0.15) is 0 Å². The monoisotopic (exact) mass is 281 g/mol. The lowest BCUT2D eigenvalue weighted by Crippen LogP contribution is -2.36.